The summed E-state index contributed by atoms with van der Waals surface area (Å²) in [6.45, 7) is 1.37. The van der Waals surface area contributed by atoms with Gasteiger partial charge in [-0.1, -0.05) is 18.2 Å². The fourth-order valence-corrected chi connectivity index (χ4v) is 3.64. The van der Waals surface area contributed by atoms with Crippen LogP contribution in [-0.2, 0) is 7.05 Å². The van der Waals surface area contributed by atoms with Crippen LogP contribution in [-0.4, -0.2) is 38.7 Å². The van der Waals surface area contributed by atoms with Crippen molar-refractivity contribution in [3.8, 4) is 11.3 Å². The summed E-state index contributed by atoms with van der Waals surface area (Å²) in [6.07, 6.45) is 3.55. The number of aryl methyl sites for hydroxylation is 1. The summed E-state index contributed by atoms with van der Waals surface area (Å²) in [5.74, 6) is -0.101. The normalized spacial score (nSPS) is 17.1. The van der Waals surface area contributed by atoms with Crippen molar-refractivity contribution in [1.29, 1.82) is 0 Å². The van der Waals surface area contributed by atoms with Crippen molar-refractivity contribution >= 4 is 5.91 Å². The SMILES string of the molecule is Cn1nccc1C(=O)N1CCC[C@@H](c2cccc(-c3cccc(F)c3)n2)C1. The van der Waals surface area contributed by atoms with E-state index in [2.05, 4.69) is 5.10 Å². The van der Waals surface area contributed by atoms with Crippen molar-refractivity contribution in [3.05, 3.63) is 71.9 Å². The molecule has 4 rings (SSSR count). The molecular weight excluding hydrogens is 343 g/mol. The van der Waals surface area contributed by atoms with Gasteiger partial charge in [0.1, 0.15) is 11.5 Å². The number of hydrogen-bond donors (Lipinski definition) is 0. The molecule has 1 fully saturated rings. The molecular formula is C21H21FN4O. The molecule has 1 aromatic carbocycles. The van der Waals surface area contributed by atoms with Crippen molar-refractivity contribution in [1.82, 2.24) is 19.7 Å². The molecule has 3 heterocycles. The Bertz CT molecular complexity index is 968. The number of amides is 1. The van der Waals surface area contributed by atoms with E-state index in [1.807, 2.05) is 29.2 Å². The Morgan fingerprint density at radius 2 is 2.04 bits per heavy atom. The molecule has 0 unspecified atom stereocenters. The number of hydrogen-bond acceptors (Lipinski definition) is 3. The smallest absolute Gasteiger partial charge is 0.272 e. The first-order chi connectivity index (χ1) is 13.1. The third kappa shape index (κ3) is 3.60. The zero-order valence-electron chi connectivity index (χ0n) is 15.2. The van der Waals surface area contributed by atoms with Crippen LogP contribution < -0.4 is 0 Å². The molecule has 1 amide bonds. The van der Waals surface area contributed by atoms with Crippen LogP contribution in [0.2, 0.25) is 0 Å². The van der Waals surface area contributed by atoms with Gasteiger partial charge in [0.05, 0.1) is 5.69 Å². The van der Waals surface area contributed by atoms with Gasteiger partial charge in [-0.2, -0.15) is 5.10 Å². The molecule has 0 radical (unpaired) electrons. The fraction of sp³-hybridized carbons (Fsp3) is 0.286. The average molecular weight is 364 g/mol. The van der Waals surface area contributed by atoms with Crippen LogP contribution in [0.4, 0.5) is 4.39 Å². The molecule has 138 valence electrons. The largest absolute Gasteiger partial charge is 0.337 e. The highest BCUT2D eigenvalue weighted by Crippen LogP contribution is 2.28. The Morgan fingerprint density at radius 3 is 2.81 bits per heavy atom. The summed E-state index contributed by atoms with van der Waals surface area (Å²) in [5.41, 5.74) is 3.05. The highest BCUT2D eigenvalue weighted by molar-refractivity contribution is 5.92. The van der Waals surface area contributed by atoms with Gasteiger partial charge in [0, 0.05) is 43.5 Å². The van der Waals surface area contributed by atoms with Gasteiger partial charge in [0.15, 0.2) is 0 Å². The second-order valence-corrected chi connectivity index (χ2v) is 6.89. The standard InChI is InChI=1S/C21H21FN4O/c1-25-20(10-11-23-25)21(27)26-12-4-6-16(14-26)19-9-3-8-18(24-19)15-5-2-7-17(22)13-15/h2-3,5,7-11,13,16H,4,6,12,14H2,1H3/t16-/m1/s1. The van der Waals surface area contributed by atoms with E-state index in [-0.39, 0.29) is 17.6 Å². The zero-order valence-corrected chi connectivity index (χ0v) is 15.2. The lowest BCUT2D eigenvalue weighted by molar-refractivity contribution is 0.0694. The van der Waals surface area contributed by atoms with E-state index in [1.54, 1.807) is 30.1 Å². The number of pyridine rings is 1. The Hall–Kier alpha value is -3.02. The minimum Gasteiger partial charge on any atom is -0.337 e. The Balaban J connectivity index is 1.56. The average Bonchev–Trinajstić information content (AvgIpc) is 3.13. The molecule has 0 bridgehead atoms. The van der Waals surface area contributed by atoms with Crippen molar-refractivity contribution in [3.63, 3.8) is 0 Å². The second-order valence-electron chi connectivity index (χ2n) is 6.89. The van der Waals surface area contributed by atoms with Crippen LogP contribution in [0.5, 0.6) is 0 Å². The molecule has 5 nitrogen and oxygen atoms in total. The quantitative estimate of drug-likeness (QED) is 0.713. The van der Waals surface area contributed by atoms with Crippen LogP contribution in [0.15, 0.2) is 54.7 Å². The minimum absolute atomic E-state index is 0.000912. The highest BCUT2D eigenvalue weighted by Gasteiger charge is 2.27. The van der Waals surface area contributed by atoms with Crippen LogP contribution >= 0.6 is 0 Å². The lowest BCUT2D eigenvalue weighted by Crippen LogP contribution is -2.40. The van der Waals surface area contributed by atoms with Gasteiger partial charge in [-0.15, -0.1) is 0 Å². The maximum Gasteiger partial charge on any atom is 0.272 e. The first-order valence-electron chi connectivity index (χ1n) is 9.12. The molecule has 1 saturated heterocycles. The van der Waals surface area contributed by atoms with Gasteiger partial charge < -0.3 is 4.90 Å². The van der Waals surface area contributed by atoms with Crippen molar-refractivity contribution in [2.24, 2.45) is 7.05 Å². The number of piperidine rings is 1. The van der Waals surface area contributed by atoms with E-state index in [0.717, 1.165) is 36.3 Å². The molecule has 27 heavy (non-hydrogen) atoms. The molecule has 1 atom stereocenters. The topological polar surface area (TPSA) is 51.0 Å². The third-order valence-corrected chi connectivity index (χ3v) is 5.06. The molecule has 0 aliphatic carbocycles. The number of carbonyl (C=O) groups is 1. The van der Waals surface area contributed by atoms with E-state index >= 15 is 0 Å². The predicted octanol–water partition coefficient (Wildman–Crippen LogP) is 3.64. The van der Waals surface area contributed by atoms with Crippen molar-refractivity contribution < 1.29 is 9.18 Å². The van der Waals surface area contributed by atoms with Crippen molar-refractivity contribution in [2.45, 2.75) is 18.8 Å². The molecule has 3 aromatic rings. The van der Waals surface area contributed by atoms with Crippen LogP contribution in [0.1, 0.15) is 34.9 Å². The maximum atomic E-state index is 13.5. The van der Waals surface area contributed by atoms with Gasteiger partial charge in [-0.25, -0.2) is 4.39 Å². The number of halogens is 1. The Kier molecular flexibility index (Phi) is 4.71. The van der Waals surface area contributed by atoms with Gasteiger partial charge in [0.25, 0.3) is 5.91 Å². The summed E-state index contributed by atoms with van der Waals surface area (Å²) in [7, 11) is 1.78. The summed E-state index contributed by atoms with van der Waals surface area (Å²) in [5, 5.41) is 4.09. The van der Waals surface area contributed by atoms with Crippen LogP contribution in [0.25, 0.3) is 11.3 Å². The number of aromatic nitrogens is 3. The van der Waals surface area contributed by atoms with Gasteiger partial charge in [-0.3, -0.25) is 14.5 Å². The first kappa shape index (κ1) is 17.4. The van der Waals surface area contributed by atoms with Crippen LogP contribution in [0, 0.1) is 5.82 Å². The number of nitrogens with zero attached hydrogens (tertiary/aromatic N) is 4. The van der Waals surface area contributed by atoms with Crippen LogP contribution in [0.3, 0.4) is 0 Å². The minimum atomic E-state index is -0.273. The number of benzene rings is 1. The number of rotatable bonds is 3. The van der Waals surface area contributed by atoms with Crippen molar-refractivity contribution in [2.75, 3.05) is 13.1 Å². The van der Waals surface area contributed by atoms with E-state index in [1.165, 1.54) is 12.1 Å². The fourth-order valence-electron chi connectivity index (χ4n) is 3.64. The predicted molar refractivity (Wildman–Crippen MR) is 101 cm³/mol. The Morgan fingerprint density at radius 1 is 1.19 bits per heavy atom. The van der Waals surface area contributed by atoms with E-state index in [9.17, 15) is 9.18 Å². The lowest BCUT2D eigenvalue weighted by Gasteiger charge is -2.32. The molecule has 0 N–H and O–H groups in total. The third-order valence-electron chi connectivity index (χ3n) is 5.06. The summed E-state index contributed by atoms with van der Waals surface area (Å²) >= 11 is 0. The maximum absolute atomic E-state index is 13.5. The van der Waals surface area contributed by atoms with E-state index in [0.29, 0.717) is 12.2 Å². The van der Waals surface area contributed by atoms with E-state index < -0.39 is 0 Å². The first-order valence-corrected chi connectivity index (χ1v) is 9.12. The van der Waals surface area contributed by atoms with Gasteiger partial charge in [0.2, 0.25) is 0 Å². The Labute approximate surface area is 157 Å². The number of carbonyl (C=O) groups excluding carboxylic acids is 1. The summed E-state index contributed by atoms with van der Waals surface area (Å²) in [6, 6.07) is 14.0. The van der Waals surface area contributed by atoms with Gasteiger partial charge >= 0.3 is 0 Å². The molecule has 1 aliphatic rings. The van der Waals surface area contributed by atoms with Gasteiger partial charge in [-0.05, 0) is 43.2 Å². The molecule has 0 saturated carbocycles. The van der Waals surface area contributed by atoms with E-state index in [4.69, 9.17) is 4.98 Å². The molecule has 6 heteroatoms. The molecule has 2 aromatic heterocycles. The second kappa shape index (κ2) is 7.31. The summed E-state index contributed by atoms with van der Waals surface area (Å²) < 4.78 is 15.1. The molecule has 1 aliphatic heterocycles. The summed E-state index contributed by atoms with van der Waals surface area (Å²) in [4.78, 5) is 19.4. The monoisotopic (exact) mass is 364 g/mol. The lowest BCUT2D eigenvalue weighted by atomic mass is 9.93. The molecule has 0 spiro atoms. The highest BCUT2D eigenvalue weighted by atomic mass is 19.1. The zero-order chi connectivity index (χ0) is 18.8. The number of likely N-dealkylation sites (tertiary alicyclic amines) is 1.